The third kappa shape index (κ3) is 2.31. The van der Waals surface area contributed by atoms with Crippen molar-refractivity contribution in [1.29, 1.82) is 0 Å². The van der Waals surface area contributed by atoms with Crippen LogP contribution in [0.15, 0.2) is 46.9 Å². The van der Waals surface area contributed by atoms with Crippen LogP contribution in [0.25, 0.3) is 11.1 Å². The smallest absolute Gasteiger partial charge is 0.150 e. The lowest BCUT2D eigenvalue weighted by atomic mass is 10.0. The van der Waals surface area contributed by atoms with Crippen molar-refractivity contribution in [1.82, 2.24) is 0 Å². The first-order chi connectivity index (χ1) is 7.69. The summed E-state index contributed by atoms with van der Waals surface area (Å²) in [5, 5.41) is 9.47. The van der Waals surface area contributed by atoms with Crippen LogP contribution in [-0.4, -0.2) is 11.4 Å². The number of hydrogen-bond acceptors (Lipinski definition) is 2. The van der Waals surface area contributed by atoms with E-state index in [1.54, 1.807) is 24.3 Å². The first-order valence-electron chi connectivity index (χ1n) is 4.74. The van der Waals surface area contributed by atoms with Crippen molar-refractivity contribution >= 4 is 22.2 Å². The van der Waals surface area contributed by atoms with Crippen LogP contribution in [0, 0.1) is 0 Å². The molecule has 2 rings (SSSR count). The molecule has 16 heavy (non-hydrogen) atoms. The molecular formula is C13H9BrO2. The zero-order valence-corrected chi connectivity index (χ0v) is 9.94. The number of carbonyl (C=O) groups is 1. The van der Waals surface area contributed by atoms with Crippen LogP contribution < -0.4 is 0 Å². The molecule has 3 heteroatoms. The van der Waals surface area contributed by atoms with Gasteiger partial charge in [-0.25, -0.2) is 0 Å². The van der Waals surface area contributed by atoms with Crippen molar-refractivity contribution < 1.29 is 9.90 Å². The molecule has 0 heterocycles. The monoisotopic (exact) mass is 276 g/mol. The minimum Gasteiger partial charge on any atom is -0.508 e. The third-order valence-electron chi connectivity index (χ3n) is 2.26. The lowest BCUT2D eigenvalue weighted by Crippen LogP contribution is -1.81. The molecule has 0 fully saturated rings. The van der Waals surface area contributed by atoms with E-state index in [0.29, 0.717) is 5.56 Å². The number of aromatic hydroxyl groups is 1. The van der Waals surface area contributed by atoms with Gasteiger partial charge in [0.2, 0.25) is 0 Å². The van der Waals surface area contributed by atoms with Crippen LogP contribution in [0.1, 0.15) is 10.4 Å². The molecule has 0 saturated carbocycles. The molecule has 0 bridgehead atoms. The van der Waals surface area contributed by atoms with Crippen LogP contribution in [0.5, 0.6) is 5.75 Å². The maximum absolute atomic E-state index is 10.5. The summed E-state index contributed by atoms with van der Waals surface area (Å²) < 4.78 is 0.821. The van der Waals surface area contributed by atoms with Crippen molar-refractivity contribution in [2.75, 3.05) is 0 Å². The van der Waals surface area contributed by atoms with Crippen LogP contribution >= 0.6 is 15.9 Å². The molecule has 80 valence electrons. The van der Waals surface area contributed by atoms with Gasteiger partial charge in [0.05, 0.1) is 0 Å². The van der Waals surface area contributed by atoms with E-state index >= 15 is 0 Å². The fourth-order valence-corrected chi connectivity index (χ4v) is 1.98. The van der Waals surface area contributed by atoms with Crippen LogP contribution in [0.2, 0.25) is 0 Å². The third-order valence-corrected chi connectivity index (χ3v) is 2.72. The Morgan fingerprint density at radius 1 is 1.00 bits per heavy atom. The van der Waals surface area contributed by atoms with Crippen molar-refractivity contribution in [3.8, 4) is 16.9 Å². The number of hydrogen-bond donors (Lipinski definition) is 1. The number of benzene rings is 2. The molecule has 0 aliphatic carbocycles. The van der Waals surface area contributed by atoms with E-state index in [1.807, 2.05) is 18.2 Å². The van der Waals surface area contributed by atoms with Gasteiger partial charge in [-0.15, -0.1) is 0 Å². The molecule has 2 aromatic carbocycles. The van der Waals surface area contributed by atoms with Crippen molar-refractivity contribution in [3.05, 3.63) is 52.5 Å². The van der Waals surface area contributed by atoms with Gasteiger partial charge in [0.15, 0.2) is 0 Å². The number of phenolic OH excluding ortho intramolecular Hbond substituents is 1. The van der Waals surface area contributed by atoms with E-state index < -0.39 is 0 Å². The zero-order chi connectivity index (χ0) is 11.5. The summed E-state index contributed by atoms with van der Waals surface area (Å²) >= 11 is 3.32. The van der Waals surface area contributed by atoms with E-state index in [0.717, 1.165) is 21.9 Å². The molecular weight excluding hydrogens is 268 g/mol. The van der Waals surface area contributed by atoms with Crippen LogP contribution in [0.3, 0.4) is 0 Å². The molecule has 0 saturated heterocycles. The SMILES string of the molecule is O=Cc1ccc(-c2cc(O)cc(Br)c2)cc1. The van der Waals surface area contributed by atoms with Crippen molar-refractivity contribution in [3.63, 3.8) is 0 Å². The van der Waals surface area contributed by atoms with Gasteiger partial charge in [-0.2, -0.15) is 0 Å². The first-order valence-corrected chi connectivity index (χ1v) is 5.53. The highest BCUT2D eigenvalue weighted by Gasteiger charge is 2.01. The van der Waals surface area contributed by atoms with Gasteiger partial charge < -0.3 is 5.11 Å². The molecule has 0 amide bonds. The Balaban J connectivity index is 2.45. The second-order valence-corrected chi connectivity index (χ2v) is 4.35. The second-order valence-electron chi connectivity index (χ2n) is 3.44. The normalized spacial score (nSPS) is 10.1. The summed E-state index contributed by atoms with van der Waals surface area (Å²) in [6, 6.07) is 12.4. The second kappa shape index (κ2) is 4.49. The lowest BCUT2D eigenvalue weighted by molar-refractivity contribution is 0.112. The molecule has 0 aliphatic heterocycles. The number of aldehydes is 1. The molecule has 2 nitrogen and oxygen atoms in total. The van der Waals surface area contributed by atoms with Crippen LogP contribution in [0.4, 0.5) is 0 Å². The zero-order valence-electron chi connectivity index (χ0n) is 8.35. The Labute approximate surface area is 102 Å². The van der Waals surface area contributed by atoms with Gasteiger partial charge in [0.25, 0.3) is 0 Å². The topological polar surface area (TPSA) is 37.3 Å². The maximum Gasteiger partial charge on any atom is 0.150 e. The molecule has 2 aromatic rings. The minimum absolute atomic E-state index is 0.212. The molecule has 0 atom stereocenters. The fraction of sp³-hybridized carbons (Fsp3) is 0. The summed E-state index contributed by atoms with van der Waals surface area (Å²) in [6.07, 6.45) is 0.808. The highest BCUT2D eigenvalue weighted by molar-refractivity contribution is 9.10. The van der Waals surface area contributed by atoms with E-state index in [4.69, 9.17) is 0 Å². The van der Waals surface area contributed by atoms with Gasteiger partial charge in [-0.05, 0) is 29.3 Å². The quantitative estimate of drug-likeness (QED) is 0.851. The van der Waals surface area contributed by atoms with Gasteiger partial charge in [-0.3, -0.25) is 4.79 Å². The largest absolute Gasteiger partial charge is 0.508 e. The maximum atomic E-state index is 10.5. The lowest BCUT2D eigenvalue weighted by Gasteiger charge is -2.03. The number of phenols is 1. The number of rotatable bonds is 2. The van der Waals surface area contributed by atoms with E-state index in [2.05, 4.69) is 15.9 Å². The average Bonchev–Trinajstić information content (AvgIpc) is 2.28. The summed E-state index contributed by atoms with van der Waals surface area (Å²) in [6.45, 7) is 0. The standard InChI is InChI=1S/C13H9BrO2/c14-12-5-11(6-13(16)7-12)10-3-1-9(8-15)2-4-10/h1-8,16H. The van der Waals surface area contributed by atoms with Crippen molar-refractivity contribution in [2.45, 2.75) is 0 Å². The van der Waals surface area contributed by atoms with Gasteiger partial charge in [-0.1, -0.05) is 40.2 Å². The molecule has 0 aromatic heterocycles. The molecule has 1 N–H and O–H groups in total. The van der Waals surface area contributed by atoms with Crippen molar-refractivity contribution in [2.24, 2.45) is 0 Å². The number of carbonyl (C=O) groups excluding carboxylic acids is 1. The summed E-state index contributed by atoms with van der Waals surface area (Å²) in [5.41, 5.74) is 2.51. The highest BCUT2D eigenvalue weighted by atomic mass is 79.9. The Kier molecular flexibility index (Phi) is 3.06. The van der Waals surface area contributed by atoms with E-state index in [1.165, 1.54) is 0 Å². The Bertz CT molecular complexity index is 498. The average molecular weight is 277 g/mol. The predicted molar refractivity (Wildman–Crippen MR) is 66.6 cm³/mol. The predicted octanol–water partition coefficient (Wildman–Crippen LogP) is 3.63. The van der Waals surface area contributed by atoms with E-state index in [-0.39, 0.29) is 5.75 Å². The van der Waals surface area contributed by atoms with Crippen LogP contribution in [-0.2, 0) is 0 Å². The molecule has 0 unspecified atom stereocenters. The summed E-state index contributed by atoms with van der Waals surface area (Å²) in [7, 11) is 0. The van der Waals surface area contributed by atoms with Gasteiger partial charge in [0.1, 0.15) is 12.0 Å². The Morgan fingerprint density at radius 3 is 2.25 bits per heavy atom. The van der Waals surface area contributed by atoms with Gasteiger partial charge >= 0.3 is 0 Å². The summed E-state index contributed by atoms with van der Waals surface area (Å²) in [5.74, 6) is 0.212. The molecule has 0 aliphatic rings. The van der Waals surface area contributed by atoms with Gasteiger partial charge in [0, 0.05) is 10.0 Å². The number of halogens is 1. The summed E-state index contributed by atoms with van der Waals surface area (Å²) in [4.78, 5) is 10.5. The first kappa shape index (κ1) is 10.9. The molecule has 0 spiro atoms. The Morgan fingerprint density at radius 2 is 1.69 bits per heavy atom. The highest BCUT2D eigenvalue weighted by Crippen LogP contribution is 2.28. The fourth-order valence-electron chi connectivity index (χ4n) is 1.49. The minimum atomic E-state index is 0.212. The molecule has 0 radical (unpaired) electrons. The van der Waals surface area contributed by atoms with E-state index in [9.17, 15) is 9.90 Å². The Hall–Kier alpha value is -1.61.